The molecule has 0 unspecified atom stereocenters. The predicted octanol–water partition coefficient (Wildman–Crippen LogP) is 9.81. The Bertz CT molecular complexity index is 304. The Labute approximate surface area is 192 Å². The first kappa shape index (κ1) is 32.9. The molecule has 6 heteroatoms. The van der Waals surface area contributed by atoms with Crippen LogP contribution in [-0.2, 0) is 0 Å². The third-order valence-corrected chi connectivity index (χ3v) is 6.15. The van der Waals surface area contributed by atoms with Crippen LogP contribution >= 0.6 is 0 Å². The first-order valence-electron chi connectivity index (χ1n) is 13.4. The Morgan fingerprint density at radius 1 is 0.419 bits per heavy atom. The summed E-state index contributed by atoms with van der Waals surface area (Å²) in [6.07, 6.45) is 25.9. The molecule has 0 heterocycles. The quantitative estimate of drug-likeness (QED) is 0.0699. The van der Waals surface area contributed by atoms with Crippen molar-refractivity contribution in [2.24, 2.45) is 0 Å². The third-order valence-electron chi connectivity index (χ3n) is 6.15. The largest absolute Gasteiger partial charge is 0.673 e. The molecule has 0 rings (SSSR count). The van der Waals surface area contributed by atoms with Gasteiger partial charge in [0.05, 0.1) is 26.7 Å². The third kappa shape index (κ3) is 32.0. The highest BCUT2D eigenvalue weighted by Crippen LogP contribution is 2.16. The Morgan fingerprint density at radius 3 is 0.839 bits per heavy atom. The van der Waals surface area contributed by atoms with Gasteiger partial charge in [-0.15, -0.1) is 0 Å². The summed E-state index contributed by atoms with van der Waals surface area (Å²) >= 11 is 0. The molecule has 0 fully saturated rings. The van der Waals surface area contributed by atoms with Crippen LogP contribution in [0, 0.1) is 0 Å². The summed E-state index contributed by atoms with van der Waals surface area (Å²) in [5.41, 5.74) is 0. The van der Waals surface area contributed by atoms with Crippen molar-refractivity contribution in [3.8, 4) is 0 Å². The Hall–Kier alpha value is -0.255. The minimum absolute atomic E-state index is 1.36. The van der Waals surface area contributed by atoms with Crippen LogP contribution in [0.2, 0.25) is 0 Å². The summed E-state index contributed by atoms with van der Waals surface area (Å²) in [5.74, 6) is 0. The minimum atomic E-state index is -6.00. The van der Waals surface area contributed by atoms with Gasteiger partial charge in [0.2, 0.25) is 0 Å². The predicted molar refractivity (Wildman–Crippen MR) is 131 cm³/mol. The van der Waals surface area contributed by atoms with E-state index in [4.69, 9.17) is 0 Å². The molecule has 0 aliphatic rings. The van der Waals surface area contributed by atoms with Crippen molar-refractivity contribution in [2.45, 2.75) is 136 Å². The molecule has 0 aliphatic heterocycles. The maximum atomic E-state index is 9.75. The Balaban J connectivity index is 0. The van der Waals surface area contributed by atoms with E-state index in [1.165, 1.54) is 140 Å². The van der Waals surface area contributed by atoms with Crippen LogP contribution in [0.15, 0.2) is 0 Å². The minimum Gasteiger partial charge on any atom is -0.418 e. The smallest absolute Gasteiger partial charge is 0.418 e. The lowest BCUT2D eigenvalue weighted by Gasteiger charge is -2.35. The molecular formula is C25H54BF4N. The number of halogens is 4. The van der Waals surface area contributed by atoms with Gasteiger partial charge in [0.1, 0.15) is 0 Å². The van der Waals surface area contributed by atoms with Crippen molar-refractivity contribution in [2.75, 3.05) is 26.7 Å². The first-order valence-corrected chi connectivity index (χ1v) is 13.4. The first-order chi connectivity index (χ1) is 14.7. The lowest BCUT2D eigenvalue weighted by atomic mass is 10.1. The lowest BCUT2D eigenvalue weighted by molar-refractivity contribution is -0.910. The van der Waals surface area contributed by atoms with E-state index in [1.54, 1.807) is 0 Å². The molecule has 31 heavy (non-hydrogen) atoms. The van der Waals surface area contributed by atoms with Gasteiger partial charge in [-0.05, 0) is 38.5 Å². The van der Waals surface area contributed by atoms with Crippen LogP contribution in [-0.4, -0.2) is 38.4 Å². The molecule has 0 amide bonds. The molecule has 0 N–H and O–H groups in total. The summed E-state index contributed by atoms with van der Waals surface area (Å²) < 4.78 is 40.4. The van der Waals surface area contributed by atoms with Crippen molar-refractivity contribution >= 4 is 7.25 Å². The van der Waals surface area contributed by atoms with Gasteiger partial charge in [-0.3, -0.25) is 0 Å². The van der Waals surface area contributed by atoms with Gasteiger partial charge >= 0.3 is 7.25 Å². The van der Waals surface area contributed by atoms with Gasteiger partial charge in [0, 0.05) is 0 Å². The average molecular weight is 456 g/mol. The zero-order valence-corrected chi connectivity index (χ0v) is 21.4. The second-order valence-electron chi connectivity index (χ2n) is 9.59. The fourth-order valence-electron chi connectivity index (χ4n) is 4.16. The van der Waals surface area contributed by atoms with E-state index in [0.717, 1.165) is 0 Å². The van der Waals surface area contributed by atoms with Gasteiger partial charge in [-0.1, -0.05) is 97.8 Å². The fourth-order valence-corrected chi connectivity index (χ4v) is 4.16. The van der Waals surface area contributed by atoms with E-state index in [0.29, 0.717) is 0 Å². The number of rotatable bonds is 21. The normalized spacial score (nSPS) is 12.0. The van der Waals surface area contributed by atoms with Crippen LogP contribution in [0.3, 0.4) is 0 Å². The molecule has 0 aromatic heterocycles. The molecule has 0 saturated carbocycles. The van der Waals surface area contributed by atoms with Crippen molar-refractivity contribution in [1.29, 1.82) is 0 Å². The van der Waals surface area contributed by atoms with E-state index in [-0.39, 0.29) is 0 Å². The molecule has 0 saturated heterocycles. The standard InChI is InChI=1S/C25H54N.BF4/c1-5-8-11-14-17-20-23-26(4,24-21-18-15-12-9-6-2)25-22-19-16-13-10-7-3;2-1(3,4)5/h5-25H2,1-4H3;/q+1;-1. The second-order valence-corrected chi connectivity index (χ2v) is 9.59. The number of nitrogens with zero attached hydrogens (tertiary/aromatic N) is 1. The molecule has 1 nitrogen and oxygen atoms in total. The summed E-state index contributed by atoms with van der Waals surface area (Å²) in [5, 5.41) is 0. The van der Waals surface area contributed by atoms with Gasteiger partial charge in [0.15, 0.2) is 0 Å². The summed E-state index contributed by atoms with van der Waals surface area (Å²) in [6, 6.07) is 0. The van der Waals surface area contributed by atoms with Crippen LogP contribution < -0.4 is 0 Å². The highest BCUT2D eigenvalue weighted by atomic mass is 19.5. The fraction of sp³-hybridized carbons (Fsp3) is 1.00. The Kier molecular flexibility index (Phi) is 24.3. The van der Waals surface area contributed by atoms with E-state index < -0.39 is 7.25 Å². The number of quaternary nitrogens is 1. The molecule has 0 aromatic rings. The molecule has 0 spiro atoms. The zero-order chi connectivity index (χ0) is 23.8. The lowest BCUT2D eigenvalue weighted by Crippen LogP contribution is -2.46. The highest BCUT2D eigenvalue weighted by molar-refractivity contribution is 6.50. The van der Waals surface area contributed by atoms with Crippen molar-refractivity contribution < 1.29 is 21.7 Å². The van der Waals surface area contributed by atoms with Crippen LogP contribution in [0.1, 0.15) is 136 Å². The van der Waals surface area contributed by atoms with Gasteiger partial charge in [-0.25, -0.2) is 0 Å². The highest BCUT2D eigenvalue weighted by Gasteiger charge is 2.21. The molecule has 0 aromatic carbocycles. The molecule has 0 radical (unpaired) electrons. The number of hydrogen-bond acceptors (Lipinski definition) is 0. The van der Waals surface area contributed by atoms with Crippen molar-refractivity contribution in [3.05, 3.63) is 0 Å². The number of unbranched alkanes of at least 4 members (excludes halogenated alkanes) is 15. The average Bonchev–Trinajstić information content (AvgIpc) is 2.69. The van der Waals surface area contributed by atoms with Gasteiger partial charge < -0.3 is 21.7 Å². The van der Waals surface area contributed by atoms with E-state index in [2.05, 4.69) is 27.8 Å². The molecular weight excluding hydrogens is 401 g/mol. The molecule has 190 valence electrons. The van der Waals surface area contributed by atoms with Crippen LogP contribution in [0.4, 0.5) is 17.3 Å². The molecule has 0 atom stereocenters. The topological polar surface area (TPSA) is 0 Å². The van der Waals surface area contributed by atoms with E-state index in [9.17, 15) is 17.3 Å². The van der Waals surface area contributed by atoms with E-state index in [1.807, 2.05) is 0 Å². The molecule has 0 bridgehead atoms. The zero-order valence-electron chi connectivity index (χ0n) is 21.4. The SMILES string of the molecule is CCCCCCCC[N+](C)(CCCCCCCC)CCCCCCCC.F[B-](F)(F)F. The summed E-state index contributed by atoms with van der Waals surface area (Å²) in [6.45, 7) is 11.2. The maximum absolute atomic E-state index is 9.75. The van der Waals surface area contributed by atoms with Crippen molar-refractivity contribution in [3.63, 3.8) is 0 Å². The Morgan fingerprint density at radius 2 is 0.613 bits per heavy atom. The monoisotopic (exact) mass is 455 g/mol. The van der Waals surface area contributed by atoms with Gasteiger partial charge in [-0.2, -0.15) is 0 Å². The van der Waals surface area contributed by atoms with Crippen LogP contribution in [0.5, 0.6) is 0 Å². The summed E-state index contributed by atoms with van der Waals surface area (Å²) in [7, 11) is -3.44. The molecule has 0 aliphatic carbocycles. The second kappa shape index (κ2) is 22.9. The summed E-state index contributed by atoms with van der Waals surface area (Å²) in [4.78, 5) is 0. The van der Waals surface area contributed by atoms with Crippen molar-refractivity contribution in [1.82, 2.24) is 0 Å². The van der Waals surface area contributed by atoms with E-state index >= 15 is 0 Å². The number of hydrogen-bond donors (Lipinski definition) is 0. The van der Waals surface area contributed by atoms with Gasteiger partial charge in [0.25, 0.3) is 0 Å². The maximum Gasteiger partial charge on any atom is 0.673 e. The van der Waals surface area contributed by atoms with Crippen LogP contribution in [0.25, 0.3) is 0 Å².